The Morgan fingerprint density at radius 3 is 2.58 bits per heavy atom. The van der Waals surface area contributed by atoms with Crippen LogP contribution in [0.2, 0.25) is 0 Å². The van der Waals surface area contributed by atoms with E-state index in [9.17, 15) is 9.90 Å². The predicted molar refractivity (Wildman–Crippen MR) is 96.9 cm³/mol. The topological polar surface area (TPSA) is 55.8 Å². The zero-order chi connectivity index (χ0) is 17.5. The molecule has 1 aliphatic rings. The van der Waals surface area contributed by atoms with E-state index in [2.05, 4.69) is 10.2 Å². The summed E-state index contributed by atoms with van der Waals surface area (Å²) in [5.41, 5.74) is 2.20. The number of nitrogens with one attached hydrogen (secondary N) is 1. The minimum atomic E-state index is -0.258. The third-order valence-corrected chi connectivity index (χ3v) is 4.94. The molecule has 24 heavy (non-hydrogen) atoms. The van der Waals surface area contributed by atoms with Crippen LogP contribution in [0.1, 0.15) is 30.0 Å². The van der Waals surface area contributed by atoms with Gasteiger partial charge in [0.05, 0.1) is 0 Å². The Morgan fingerprint density at radius 1 is 1.33 bits per heavy atom. The number of aliphatic hydroxyl groups excluding tert-OH is 1. The molecule has 5 heteroatoms. The second kappa shape index (κ2) is 9.16. The Bertz CT molecular complexity index is 525. The first kappa shape index (κ1) is 18.9. The molecule has 0 bridgehead atoms. The van der Waals surface area contributed by atoms with Crippen LogP contribution in [0.25, 0.3) is 0 Å². The third kappa shape index (κ3) is 5.03. The molecule has 1 saturated heterocycles. The summed E-state index contributed by atoms with van der Waals surface area (Å²) in [6.45, 7) is 5.90. The molecule has 1 fully saturated rings. The number of nitrogens with zero attached hydrogens (tertiary/aromatic N) is 2. The number of aryl methyl sites for hydroxylation is 1. The van der Waals surface area contributed by atoms with Gasteiger partial charge in [0.25, 0.3) is 0 Å². The molecule has 5 nitrogen and oxygen atoms in total. The number of benzene rings is 1. The van der Waals surface area contributed by atoms with E-state index in [0.29, 0.717) is 19.1 Å². The number of hydrogen-bond acceptors (Lipinski definition) is 4. The average molecular weight is 333 g/mol. The standard InChI is InChI=1S/C19H31N3O2/c1-15-6-4-5-7-17(15)18(21(2)3)19(24)20-10-13-22-11-8-16(14-23)9-12-22/h4-7,16,18,23H,8-14H2,1-3H3,(H,20,24)/t18-/m0/s1. The van der Waals surface area contributed by atoms with Gasteiger partial charge < -0.3 is 15.3 Å². The van der Waals surface area contributed by atoms with Crippen molar-refractivity contribution in [3.63, 3.8) is 0 Å². The van der Waals surface area contributed by atoms with Gasteiger partial charge >= 0.3 is 0 Å². The predicted octanol–water partition coefficient (Wildman–Crippen LogP) is 1.42. The van der Waals surface area contributed by atoms with E-state index in [0.717, 1.165) is 43.6 Å². The molecule has 0 spiro atoms. The lowest BCUT2D eigenvalue weighted by atomic mass is 9.98. The second-order valence-electron chi connectivity index (χ2n) is 6.98. The van der Waals surface area contributed by atoms with Gasteiger partial charge in [0.2, 0.25) is 5.91 Å². The van der Waals surface area contributed by atoms with Crippen molar-refractivity contribution in [2.24, 2.45) is 5.92 Å². The highest BCUT2D eigenvalue weighted by Crippen LogP contribution is 2.22. The van der Waals surface area contributed by atoms with Gasteiger partial charge in [-0.05, 0) is 64.0 Å². The maximum Gasteiger partial charge on any atom is 0.241 e. The molecular weight excluding hydrogens is 302 g/mol. The van der Waals surface area contributed by atoms with Crippen LogP contribution in [0, 0.1) is 12.8 Å². The molecule has 1 aliphatic heterocycles. The van der Waals surface area contributed by atoms with Crippen molar-refractivity contribution in [3.8, 4) is 0 Å². The zero-order valence-corrected chi connectivity index (χ0v) is 15.2. The van der Waals surface area contributed by atoms with Crippen LogP contribution < -0.4 is 5.32 Å². The highest BCUT2D eigenvalue weighted by Gasteiger charge is 2.24. The normalized spacial score (nSPS) is 17.9. The maximum atomic E-state index is 12.7. The van der Waals surface area contributed by atoms with Crippen molar-refractivity contribution in [2.45, 2.75) is 25.8 Å². The van der Waals surface area contributed by atoms with Crippen LogP contribution in [-0.4, -0.2) is 67.7 Å². The highest BCUT2D eigenvalue weighted by molar-refractivity contribution is 5.83. The van der Waals surface area contributed by atoms with E-state index in [1.54, 1.807) is 0 Å². The van der Waals surface area contributed by atoms with Gasteiger partial charge in [-0.3, -0.25) is 9.69 Å². The molecule has 2 rings (SSSR count). The third-order valence-electron chi connectivity index (χ3n) is 4.94. The first-order valence-electron chi connectivity index (χ1n) is 8.85. The molecular formula is C19H31N3O2. The second-order valence-corrected chi connectivity index (χ2v) is 6.98. The molecule has 1 atom stereocenters. The molecule has 1 aromatic rings. The van der Waals surface area contributed by atoms with E-state index in [1.165, 1.54) is 0 Å². The Balaban J connectivity index is 1.85. The molecule has 0 unspecified atom stereocenters. The minimum absolute atomic E-state index is 0.0551. The minimum Gasteiger partial charge on any atom is -0.396 e. The summed E-state index contributed by atoms with van der Waals surface area (Å²) in [7, 11) is 3.88. The van der Waals surface area contributed by atoms with Crippen molar-refractivity contribution in [1.82, 2.24) is 15.1 Å². The zero-order valence-electron chi connectivity index (χ0n) is 15.2. The van der Waals surface area contributed by atoms with Crippen LogP contribution in [0.5, 0.6) is 0 Å². The molecule has 134 valence electrons. The number of amides is 1. The summed E-state index contributed by atoms with van der Waals surface area (Å²) in [6, 6.07) is 7.80. The van der Waals surface area contributed by atoms with Crippen LogP contribution in [-0.2, 0) is 4.79 Å². The number of likely N-dealkylation sites (N-methyl/N-ethyl adjacent to an activating group) is 1. The number of piperidine rings is 1. The summed E-state index contributed by atoms with van der Waals surface area (Å²) >= 11 is 0. The maximum absolute atomic E-state index is 12.7. The molecule has 2 N–H and O–H groups in total. The van der Waals surface area contributed by atoms with Crippen molar-refractivity contribution in [1.29, 1.82) is 0 Å². The van der Waals surface area contributed by atoms with E-state index in [1.807, 2.05) is 50.2 Å². The van der Waals surface area contributed by atoms with Gasteiger partial charge in [-0.15, -0.1) is 0 Å². The summed E-state index contributed by atoms with van der Waals surface area (Å²) < 4.78 is 0. The molecule has 1 heterocycles. The lowest BCUT2D eigenvalue weighted by molar-refractivity contribution is -0.125. The fourth-order valence-electron chi connectivity index (χ4n) is 3.37. The molecule has 1 amide bonds. The van der Waals surface area contributed by atoms with Crippen LogP contribution in [0.4, 0.5) is 0 Å². The summed E-state index contributed by atoms with van der Waals surface area (Å²) in [4.78, 5) is 17.0. The molecule has 0 radical (unpaired) electrons. The van der Waals surface area contributed by atoms with Crippen molar-refractivity contribution in [2.75, 3.05) is 46.9 Å². The van der Waals surface area contributed by atoms with Crippen LogP contribution in [0.3, 0.4) is 0 Å². The molecule has 0 aliphatic carbocycles. The largest absolute Gasteiger partial charge is 0.396 e. The number of hydrogen-bond donors (Lipinski definition) is 2. The molecule has 0 saturated carbocycles. The Morgan fingerprint density at radius 2 is 2.00 bits per heavy atom. The number of aliphatic hydroxyl groups is 1. The van der Waals surface area contributed by atoms with E-state index in [-0.39, 0.29) is 11.9 Å². The first-order valence-corrected chi connectivity index (χ1v) is 8.85. The van der Waals surface area contributed by atoms with Gasteiger partial charge in [-0.1, -0.05) is 24.3 Å². The van der Waals surface area contributed by atoms with Crippen LogP contribution in [0.15, 0.2) is 24.3 Å². The monoisotopic (exact) mass is 333 g/mol. The van der Waals surface area contributed by atoms with Crippen molar-refractivity contribution in [3.05, 3.63) is 35.4 Å². The van der Waals surface area contributed by atoms with Crippen LogP contribution >= 0.6 is 0 Å². The fraction of sp³-hybridized carbons (Fsp3) is 0.632. The van der Waals surface area contributed by atoms with Gasteiger partial charge in [-0.2, -0.15) is 0 Å². The lowest BCUT2D eigenvalue weighted by Crippen LogP contribution is -2.43. The number of likely N-dealkylation sites (tertiary alicyclic amines) is 1. The summed E-state index contributed by atoms with van der Waals surface area (Å²) in [5.74, 6) is 0.509. The van der Waals surface area contributed by atoms with Gasteiger partial charge in [-0.25, -0.2) is 0 Å². The summed E-state index contributed by atoms with van der Waals surface area (Å²) in [5, 5.41) is 12.3. The number of rotatable bonds is 7. The fourth-order valence-corrected chi connectivity index (χ4v) is 3.37. The Hall–Kier alpha value is -1.43. The van der Waals surface area contributed by atoms with Gasteiger partial charge in [0.1, 0.15) is 6.04 Å². The van der Waals surface area contributed by atoms with Gasteiger partial charge in [0, 0.05) is 19.7 Å². The number of carbonyl (C=O) groups is 1. The first-order chi connectivity index (χ1) is 11.5. The Labute approximate surface area is 145 Å². The molecule has 1 aromatic carbocycles. The SMILES string of the molecule is Cc1ccccc1[C@@H](C(=O)NCCN1CCC(CO)CC1)N(C)C. The average Bonchev–Trinajstić information content (AvgIpc) is 2.57. The highest BCUT2D eigenvalue weighted by atomic mass is 16.3. The van der Waals surface area contributed by atoms with Crippen molar-refractivity contribution < 1.29 is 9.90 Å². The summed E-state index contributed by atoms with van der Waals surface area (Å²) in [6.07, 6.45) is 2.10. The Kier molecular flexibility index (Phi) is 7.21. The molecule has 0 aromatic heterocycles. The quantitative estimate of drug-likeness (QED) is 0.792. The van der Waals surface area contributed by atoms with E-state index in [4.69, 9.17) is 0 Å². The van der Waals surface area contributed by atoms with E-state index >= 15 is 0 Å². The lowest BCUT2D eigenvalue weighted by Gasteiger charge is -2.31. The van der Waals surface area contributed by atoms with Gasteiger partial charge in [0.15, 0.2) is 0 Å². The smallest absolute Gasteiger partial charge is 0.241 e. The van der Waals surface area contributed by atoms with E-state index < -0.39 is 0 Å². The van der Waals surface area contributed by atoms with Crippen molar-refractivity contribution >= 4 is 5.91 Å². The number of carbonyl (C=O) groups excluding carboxylic acids is 1.